The average molecular weight is 279 g/mol. The third-order valence-electron chi connectivity index (χ3n) is 6.89. The van der Waals surface area contributed by atoms with Crippen molar-refractivity contribution in [2.45, 2.75) is 98.3 Å². The van der Waals surface area contributed by atoms with Gasteiger partial charge in [-0.3, -0.25) is 0 Å². The van der Waals surface area contributed by atoms with E-state index in [1.807, 2.05) is 0 Å². The Labute approximate surface area is 128 Å². The Hall–Kier alpha value is 0. The highest BCUT2D eigenvalue weighted by atomic mass is 14.4. The molecule has 0 aromatic rings. The average Bonchev–Trinajstić information content (AvgIpc) is 2.48. The number of rotatable bonds is 5. The van der Waals surface area contributed by atoms with E-state index in [-0.39, 0.29) is 0 Å². The highest BCUT2D eigenvalue weighted by molar-refractivity contribution is 4.86. The van der Waals surface area contributed by atoms with Crippen LogP contribution < -0.4 is 0 Å². The third kappa shape index (κ3) is 4.25. The summed E-state index contributed by atoms with van der Waals surface area (Å²) >= 11 is 0. The zero-order valence-electron chi connectivity index (χ0n) is 14.6. The minimum absolute atomic E-state index is 0.600. The molecule has 0 aromatic carbocycles. The first-order valence-corrected chi connectivity index (χ1v) is 9.55. The smallest absolute Gasteiger partial charge is 0.0323 e. The molecule has 2 aliphatic carbocycles. The maximum Gasteiger partial charge on any atom is -0.0323 e. The van der Waals surface area contributed by atoms with Crippen molar-refractivity contribution in [3.8, 4) is 0 Å². The molecule has 2 fully saturated rings. The lowest BCUT2D eigenvalue weighted by molar-refractivity contribution is 0.0878. The second-order valence-electron chi connectivity index (χ2n) is 8.61. The van der Waals surface area contributed by atoms with Gasteiger partial charge < -0.3 is 0 Å². The van der Waals surface area contributed by atoms with Gasteiger partial charge in [0.15, 0.2) is 0 Å². The lowest BCUT2D eigenvalue weighted by Crippen LogP contribution is -2.31. The normalized spacial score (nSPS) is 36.0. The van der Waals surface area contributed by atoms with Gasteiger partial charge in [-0.2, -0.15) is 0 Å². The summed E-state index contributed by atoms with van der Waals surface area (Å²) in [4.78, 5) is 0. The Balaban J connectivity index is 1.79. The Morgan fingerprint density at radius 1 is 0.650 bits per heavy atom. The van der Waals surface area contributed by atoms with Crippen molar-refractivity contribution in [1.82, 2.24) is 0 Å². The number of hydrogen-bond donors (Lipinski definition) is 0. The molecule has 0 nitrogen and oxygen atoms in total. The molecule has 2 rings (SSSR count). The highest BCUT2D eigenvalue weighted by Gasteiger charge is 2.35. The molecule has 0 saturated heterocycles. The number of hydrogen-bond acceptors (Lipinski definition) is 0. The van der Waals surface area contributed by atoms with E-state index < -0.39 is 0 Å². The van der Waals surface area contributed by atoms with Gasteiger partial charge in [0.1, 0.15) is 0 Å². The third-order valence-corrected chi connectivity index (χ3v) is 6.89. The molecule has 0 spiro atoms. The van der Waals surface area contributed by atoms with Crippen LogP contribution in [-0.2, 0) is 0 Å². The Kier molecular flexibility index (Phi) is 5.99. The van der Waals surface area contributed by atoms with Gasteiger partial charge in [-0.1, -0.05) is 79.1 Å². The molecule has 0 aromatic heterocycles. The molecule has 0 heteroatoms. The highest BCUT2D eigenvalue weighted by Crippen LogP contribution is 2.46. The van der Waals surface area contributed by atoms with Crippen molar-refractivity contribution < 1.29 is 0 Å². The van der Waals surface area contributed by atoms with Gasteiger partial charge in [-0.05, 0) is 48.3 Å². The SMILES string of the molecule is CCC1CCC(CC(C)(C)C2CCC(CC)CC2)CC1. The molecule has 0 amide bonds. The predicted molar refractivity (Wildman–Crippen MR) is 89.9 cm³/mol. The molecule has 0 bridgehead atoms. The molecule has 0 atom stereocenters. The van der Waals surface area contributed by atoms with E-state index in [4.69, 9.17) is 0 Å². The first-order valence-electron chi connectivity index (χ1n) is 9.55. The van der Waals surface area contributed by atoms with Crippen LogP contribution in [0.5, 0.6) is 0 Å². The van der Waals surface area contributed by atoms with Gasteiger partial charge in [0.2, 0.25) is 0 Å². The zero-order valence-corrected chi connectivity index (χ0v) is 14.6. The molecule has 2 aliphatic rings. The van der Waals surface area contributed by atoms with E-state index in [0.717, 1.165) is 23.7 Å². The second kappa shape index (κ2) is 7.32. The summed E-state index contributed by atoms with van der Waals surface area (Å²) in [5.74, 6) is 4.14. The van der Waals surface area contributed by atoms with Crippen LogP contribution in [-0.4, -0.2) is 0 Å². The van der Waals surface area contributed by atoms with Gasteiger partial charge in [0, 0.05) is 0 Å². The van der Waals surface area contributed by atoms with Crippen LogP contribution >= 0.6 is 0 Å². The van der Waals surface area contributed by atoms with Crippen LogP contribution in [0.2, 0.25) is 0 Å². The maximum absolute atomic E-state index is 2.58. The molecule has 0 unspecified atom stereocenters. The van der Waals surface area contributed by atoms with Crippen molar-refractivity contribution in [3.05, 3.63) is 0 Å². The lowest BCUT2D eigenvalue weighted by atomic mass is 9.63. The second-order valence-corrected chi connectivity index (χ2v) is 8.61. The van der Waals surface area contributed by atoms with E-state index in [2.05, 4.69) is 27.7 Å². The standard InChI is InChI=1S/C20H38/c1-5-16-7-9-18(10-8-16)15-20(3,4)19-13-11-17(6-2)12-14-19/h16-19H,5-15H2,1-4H3. The quantitative estimate of drug-likeness (QED) is 0.516. The first-order chi connectivity index (χ1) is 9.55. The monoisotopic (exact) mass is 278 g/mol. The Morgan fingerprint density at radius 3 is 1.50 bits per heavy atom. The van der Waals surface area contributed by atoms with Gasteiger partial charge >= 0.3 is 0 Å². The van der Waals surface area contributed by atoms with Gasteiger partial charge in [0.25, 0.3) is 0 Å². The molecule has 20 heavy (non-hydrogen) atoms. The zero-order chi connectivity index (χ0) is 14.6. The van der Waals surface area contributed by atoms with E-state index in [0.29, 0.717) is 5.41 Å². The summed E-state index contributed by atoms with van der Waals surface area (Å²) in [5.41, 5.74) is 0.600. The van der Waals surface area contributed by atoms with Crippen LogP contribution in [0.3, 0.4) is 0 Å². The van der Waals surface area contributed by atoms with Crippen molar-refractivity contribution >= 4 is 0 Å². The van der Waals surface area contributed by atoms with Gasteiger partial charge in [0.05, 0.1) is 0 Å². The fourth-order valence-electron chi connectivity index (χ4n) is 5.11. The van der Waals surface area contributed by atoms with Gasteiger partial charge in [-0.25, -0.2) is 0 Å². The first kappa shape index (κ1) is 16.4. The van der Waals surface area contributed by atoms with Crippen LogP contribution in [0.1, 0.15) is 98.3 Å². The van der Waals surface area contributed by atoms with Crippen LogP contribution in [0.15, 0.2) is 0 Å². The van der Waals surface area contributed by atoms with Gasteiger partial charge in [-0.15, -0.1) is 0 Å². The minimum atomic E-state index is 0.600. The molecule has 0 radical (unpaired) electrons. The van der Waals surface area contributed by atoms with E-state index in [1.165, 1.54) is 70.6 Å². The lowest BCUT2D eigenvalue weighted by Gasteiger charge is -2.42. The summed E-state index contributed by atoms with van der Waals surface area (Å²) in [6, 6.07) is 0. The van der Waals surface area contributed by atoms with E-state index >= 15 is 0 Å². The van der Waals surface area contributed by atoms with Crippen LogP contribution in [0, 0.1) is 29.1 Å². The summed E-state index contributed by atoms with van der Waals surface area (Å²) in [7, 11) is 0. The molecule has 2 saturated carbocycles. The summed E-state index contributed by atoms with van der Waals surface area (Å²) in [6.07, 6.45) is 16.4. The molecule has 0 aliphatic heterocycles. The maximum atomic E-state index is 2.58. The van der Waals surface area contributed by atoms with Crippen LogP contribution in [0.25, 0.3) is 0 Å². The largest absolute Gasteiger partial charge is 0.0651 e. The molecule has 0 N–H and O–H groups in total. The molecule has 118 valence electrons. The minimum Gasteiger partial charge on any atom is -0.0651 e. The fourth-order valence-corrected chi connectivity index (χ4v) is 5.11. The molecule has 0 heterocycles. The summed E-state index contributed by atoms with van der Waals surface area (Å²) in [6.45, 7) is 9.91. The van der Waals surface area contributed by atoms with Crippen molar-refractivity contribution in [2.24, 2.45) is 29.1 Å². The topological polar surface area (TPSA) is 0 Å². The Bertz CT molecular complexity index is 262. The van der Waals surface area contributed by atoms with Crippen molar-refractivity contribution in [2.75, 3.05) is 0 Å². The van der Waals surface area contributed by atoms with Crippen LogP contribution in [0.4, 0.5) is 0 Å². The predicted octanol–water partition coefficient (Wildman–Crippen LogP) is 6.84. The van der Waals surface area contributed by atoms with Crippen molar-refractivity contribution in [1.29, 1.82) is 0 Å². The van der Waals surface area contributed by atoms with E-state index in [9.17, 15) is 0 Å². The summed E-state index contributed by atoms with van der Waals surface area (Å²) in [5, 5.41) is 0. The summed E-state index contributed by atoms with van der Waals surface area (Å²) < 4.78 is 0. The fraction of sp³-hybridized carbons (Fsp3) is 1.00. The van der Waals surface area contributed by atoms with E-state index in [1.54, 1.807) is 0 Å². The molecular formula is C20H38. The van der Waals surface area contributed by atoms with Crippen molar-refractivity contribution in [3.63, 3.8) is 0 Å². The molecular weight excluding hydrogens is 240 g/mol. The Morgan fingerprint density at radius 2 is 1.05 bits per heavy atom.